The number of hydrogen-bond donors (Lipinski definition) is 1. The van der Waals surface area contributed by atoms with Crippen LogP contribution in [0.15, 0.2) is 29.4 Å². The van der Waals surface area contributed by atoms with Crippen molar-refractivity contribution in [3.05, 3.63) is 29.8 Å². The molecule has 0 bridgehead atoms. The van der Waals surface area contributed by atoms with E-state index in [1.807, 2.05) is 30.7 Å². The van der Waals surface area contributed by atoms with Gasteiger partial charge in [0, 0.05) is 19.2 Å². The number of carbonyl (C=O) groups is 1. The predicted octanol–water partition coefficient (Wildman–Crippen LogP) is 2.41. The van der Waals surface area contributed by atoms with Crippen LogP contribution in [0.25, 0.3) is 11.4 Å². The van der Waals surface area contributed by atoms with E-state index in [1.54, 1.807) is 0 Å². The van der Waals surface area contributed by atoms with E-state index in [0.717, 1.165) is 23.0 Å². The molecule has 1 heterocycles. The highest BCUT2D eigenvalue weighted by Crippen LogP contribution is 2.22. The minimum Gasteiger partial charge on any atom is -0.355 e. The van der Waals surface area contributed by atoms with Crippen LogP contribution in [-0.4, -0.2) is 33.0 Å². The molecule has 0 radical (unpaired) electrons. The van der Waals surface area contributed by atoms with Crippen molar-refractivity contribution in [3.63, 3.8) is 0 Å². The molecule has 112 valence electrons. The topological polar surface area (TPSA) is 59.8 Å². The lowest BCUT2D eigenvalue weighted by atomic mass is 10.1. The minimum absolute atomic E-state index is 0.0294. The van der Waals surface area contributed by atoms with Crippen molar-refractivity contribution in [2.75, 3.05) is 12.3 Å². The maximum Gasteiger partial charge on any atom is 0.230 e. The molecule has 2 aromatic rings. The van der Waals surface area contributed by atoms with Gasteiger partial charge in [0.1, 0.15) is 0 Å². The molecule has 0 fully saturated rings. The monoisotopic (exact) mass is 304 g/mol. The smallest absolute Gasteiger partial charge is 0.230 e. The van der Waals surface area contributed by atoms with Crippen molar-refractivity contribution in [2.45, 2.75) is 25.4 Å². The van der Waals surface area contributed by atoms with E-state index in [4.69, 9.17) is 0 Å². The summed E-state index contributed by atoms with van der Waals surface area (Å²) in [6, 6.07) is 8.16. The van der Waals surface area contributed by atoms with Crippen LogP contribution in [0.2, 0.25) is 0 Å². The molecular formula is C15H20N4OS. The summed E-state index contributed by atoms with van der Waals surface area (Å²) in [5.74, 6) is 1.20. The Morgan fingerprint density at radius 2 is 2.00 bits per heavy atom. The molecule has 21 heavy (non-hydrogen) atoms. The lowest BCUT2D eigenvalue weighted by Crippen LogP contribution is -2.25. The van der Waals surface area contributed by atoms with Gasteiger partial charge in [0.25, 0.3) is 0 Å². The van der Waals surface area contributed by atoms with Gasteiger partial charge in [-0.2, -0.15) is 0 Å². The van der Waals surface area contributed by atoms with Crippen LogP contribution in [0.4, 0.5) is 0 Å². The third-order valence-electron chi connectivity index (χ3n) is 3.05. The number of hydrogen-bond acceptors (Lipinski definition) is 4. The molecule has 0 aliphatic heterocycles. The second-order valence-corrected chi connectivity index (χ2v) is 5.81. The zero-order chi connectivity index (χ0) is 15.2. The Morgan fingerprint density at radius 3 is 2.67 bits per heavy atom. The number of nitrogens with one attached hydrogen (secondary N) is 1. The summed E-state index contributed by atoms with van der Waals surface area (Å²) in [6.45, 7) is 4.80. The summed E-state index contributed by atoms with van der Waals surface area (Å²) < 4.78 is 1.92. The molecule has 1 aromatic carbocycles. The van der Waals surface area contributed by atoms with Crippen molar-refractivity contribution in [3.8, 4) is 11.4 Å². The lowest BCUT2D eigenvalue weighted by Gasteiger charge is -2.05. The first-order chi connectivity index (χ1) is 10.1. The van der Waals surface area contributed by atoms with Crippen LogP contribution in [0.5, 0.6) is 0 Å². The van der Waals surface area contributed by atoms with E-state index in [9.17, 15) is 4.79 Å². The minimum atomic E-state index is 0.0294. The summed E-state index contributed by atoms with van der Waals surface area (Å²) in [7, 11) is 1.92. The number of aryl methyl sites for hydroxylation is 1. The standard InChI is InChI=1S/C15H20N4OS/c1-4-9-16-13(20)10-21-15-18-17-14(19(15)3)12-7-5-11(2)6-8-12/h5-8H,4,9-10H2,1-3H3,(H,16,20). The number of rotatable bonds is 6. The van der Waals surface area contributed by atoms with Crippen LogP contribution in [0.3, 0.4) is 0 Å². The Morgan fingerprint density at radius 1 is 1.29 bits per heavy atom. The van der Waals surface area contributed by atoms with Crippen LogP contribution in [0.1, 0.15) is 18.9 Å². The van der Waals surface area contributed by atoms with Gasteiger partial charge in [-0.15, -0.1) is 10.2 Å². The molecule has 0 spiro atoms. The first-order valence-corrected chi connectivity index (χ1v) is 7.96. The predicted molar refractivity (Wildman–Crippen MR) is 85.2 cm³/mol. The third kappa shape index (κ3) is 4.07. The highest BCUT2D eigenvalue weighted by Gasteiger charge is 2.12. The highest BCUT2D eigenvalue weighted by molar-refractivity contribution is 7.99. The van der Waals surface area contributed by atoms with Crippen molar-refractivity contribution in [1.29, 1.82) is 0 Å². The summed E-state index contributed by atoms with van der Waals surface area (Å²) in [5, 5.41) is 12.0. The average molecular weight is 304 g/mol. The Labute approximate surface area is 129 Å². The van der Waals surface area contributed by atoms with E-state index >= 15 is 0 Å². The van der Waals surface area contributed by atoms with Crippen LogP contribution < -0.4 is 5.32 Å². The molecule has 0 unspecified atom stereocenters. The van der Waals surface area contributed by atoms with Crippen molar-refractivity contribution >= 4 is 17.7 Å². The van der Waals surface area contributed by atoms with Crippen molar-refractivity contribution < 1.29 is 4.79 Å². The lowest BCUT2D eigenvalue weighted by molar-refractivity contribution is -0.118. The maximum absolute atomic E-state index is 11.6. The Balaban J connectivity index is 2.03. The molecule has 1 N–H and O–H groups in total. The van der Waals surface area contributed by atoms with Crippen LogP contribution >= 0.6 is 11.8 Å². The number of amides is 1. The number of benzene rings is 1. The van der Waals surface area contributed by atoms with Crippen LogP contribution in [0, 0.1) is 6.92 Å². The van der Waals surface area contributed by atoms with Gasteiger partial charge in [-0.1, -0.05) is 48.5 Å². The third-order valence-corrected chi connectivity index (χ3v) is 4.07. The van der Waals surface area contributed by atoms with Gasteiger partial charge in [-0.3, -0.25) is 4.79 Å². The molecule has 0 aliphatic carbocycles. The molecule has 1 amide bonds. The first-order valence-electron chi connectivity index (χ1n) is 6.97. The second-order valence-electron chi connectivity index (χ2n) is 4.87. The molecule has 0 saturated carbocycles. The maximum atomic E-state index is 11.6. The Kier molecular flexibility index (Phi) is 5.38. The molecule has 5 nitrogen and oxygen atoms in total. The zero-order valence-electron chi connectivity index (χ0n) is 12.6. The largest absolute Gasteiger partial charge is 0.355 e. The fraction of sp³-hybridized carbons (Fsp3) is 0.400. The fourth-order valence-electron chi connectivity index (χ4n) is 1.84. The molecule has 0 saturated heterocycles. The first kappa shape index (κ1) is 15.6. The van der Waals surface area contributed by atoms with Gasteiger partial charge in [0.05, 0.1) is 5.75 Å². The summed E-state index contributed by atoms with van der Waals surface area (Å²) >= 11 is 1.40. The van der Waals surface area contributed by atoms with E-state index in [2.05, 4.69) is 34.6 Å². The van der Waals surface area contributed by atoms with E-state index in [0.29, 0.717) is 12.3 Å². The number of carbonyl (C=O) groups excluding carboxylic acids is 1. The average Bonchev–Trinajstić information content (AvgIpc) is 2.85. The van der Waals surface area contributed by atoms with Crippen molar-refractivity contribution in [1.82, 2.24) is 20.1 Å². The van der Waals surface area contributed by atoms with Gasteiger partial charge >= 0.3 is 0 Å². The number of nitrogens with zero attached hydrogens (tertiary/aromatic N) is 3. The quantitative estimate of drug-likeness (QED) is 0.833. The second kappa shape index (κ2) is 7.26. The Hall–Kier alpha value is -1.82. The molecular weight excluding hydrogens is 284 g/mol. The molecule has 0 atom stereocenters. The van der Waals surface area contributed by atoms with Gasteiger partial charge in [0.2, 0.25) is 5.91 Å². The summed E-state index contributed by atoms with van der Waals surface area (Å²) in [4.78, 5) is 11.6. The zero-order valence-corrected chi connectivity index (χ0v) is 13.4. The van der Waals surface area contributed by atoms with Gasteiger partial charge < -0.3 is 9.88 Å². The van der Waals surface area contributed by atoms with Gasteiger partial charge in [0.15, 0.2) is 11.0 Å². The van der Waals surface area contributed by atoms with E-state index in [1.165, 1.54) is 17.3 Å². The van der Waals surface area contributed by atoms with E-state index in [-0.39, 0.29) is 5.91 Å². The Bertz CT molecular complexity index is 607. The number of thioether (sulfide) groups is 1. The molecule has 6 heteroatoms. The summed E-state index contributed by atoms with van der Waals surface area (Å²) in [6.07, 6.45) is 0.942. The van der Waals surface area contributed by atoms with E-state index < -0.39 is 0 Å². The summed E-state index contributed by atoms with van der Waals surface area (Å²) in [5.41, 5.74) is 2.24. The SMILES string of the molecule is CCCNC(=O)CSc1nnc(-c2ccc(C)cc2)n1C. The van der Waals surface area contributed by atoms with Crippen molar-refractivity contribution in [2.24, 2.45) is 7.05 Å². The molecule has 2 rings (SSSR count). The van der Waals surface area contributed by atoms with Gasteiger partial charge in [-0.25, -0.2) is 0 Å². The number of aromatic nitrogens is 3. The van der Waals surface area contributed by atoms with Crippen LogP contribution in [-0.2, 0) is 11.8 Å². The molecule has 1 aromatic heterocycles. The van der Waals surface area contributed by atoms with Gasteiger partial charge in [-0.05, 0) is 13.3 Å². The highest BCUT2D eigenvalue weighted by atomic mass is 32.2. The normalized spacial score (nSPS) is 10.6. The molecule has 0 aliphatic rings. The fourth-order valence-corrected chi connectivity index (χ4v) is 2.58.